The van der Waals surface area contributed by atoms with Crippen LogP contribution < -0.4 is 9.47 Å². The van der Waals surface area contributed by atoms with Crippen molar-refractivity contribution in [1.29, 1.82) is 0 Å². The van der Waals surface area contributed by atoms with Crippen molar-refractivity contribution in [2.45, 2.75) is 42.1 Å². The van der Waals surface area contributed by atoms with E-state index < -0.39 is 0 Å². The van der Waals surface area contributed by atoms with Crippen LogP contribution in [0.2, 0.25) is 0 Å². The van der Waals surface area contributed by atoms with Gasteiger partial charge in [0, 0.05) is 38.4 Å². The average Bonchev–Trinajstić information content (AvgIpc) is 2.73. The third-order valence-electron chi connectivity index (χ3n) is 4.49. The smallest absolute Gasteiger partial charge is 0.154 e. The largest absolute Gasteiger partial charge is 0.478 e. The third-order valence-corrected chi connectivity index (χ3v) is 11.0. The van der Waals surface area contributed by atoms with E-state index in [2.05, 4.69) is 146 Å². The maximum Gasteiger partial charge on any atom is 0.154 e. The SMILES string of the molecule is CCC(c1ccc(OC(Br)CCBr)c(Br)c1Br)c1ccc(OC(Br)CCBr)c(Br)c1Br. The van der Waals surface area contributed by atoms with Crippen LogP contribution in [0.5, 0.6) is 11.5 Å². The Morgan fingerprint density at radius 2 is 1.06 bits per heavy atom. The highest BCUT2D eigenvalue weighted by molar-refractivity contribution is 9.13. The molecular weight excluding hydrogens is 923 g/mol. The normalized spacial score (nSPS) is 14.2. The molecule has 2 aromatic carbocycles. The van der Waals surface area contributed by atoms with E-state index in [9.17, 15) is 0 Å². The second-order valence-electron chi connectivity index (χ2n) is 6.53. The maximum atomic E-state index is 6.02. The van der Waals surface area contributed by atoms with Crippen LogP contribution in [0.15, 0.2) is 42.2 Å². The summed E-state index contributed by atoms with van der Waals surface area (Å²) in [6.07, 6.45) is 2.67. The van der Waals surface area contributed by atoms with Crippen LogP contribution >= 0.6 is 127 Å². The first-order valence-corrected chi connectivity index (χ1v) is 16.7. The van der Waals surface area contributed by atoms with E-state index in [1.165, 1.54) is 11.1 Å². The Morgan fingerprint density at radius 1 is 0.677 bits per heavy atom. The molecule has 0 saturated heterocycles. The molecule has 0 aliphatic carbocycles. The molecule has 0 spiro atoms. The minimum absolute atomic E-state index is 0.0525. The molecule has 10 heteroatoms. The molecular formula is C21H20Br8O2. The van der Waals surface area contributed by atoms with Crippen molar-refractivity contribution in [2.75, 3.05) is 10.7 Å². The molecule has 0 N–H and O–H groups in total. The summed E-state index contributed by atoms with van der Waals surface area (Å²) in [4.78, 5) is 0. The Morgan fingerprint density at radius 3 is 1.39 bits per heavy atom. The molecule has 0 fully saturated rings. The Hall–Kier alpha value is 1.88. The van der Waals surface area contributed by atoms with Gasteiger partial charge in [0.2, 0.25) is 0 Å². The van der Waals surface area contributed by atoms with Gasteiger partial charge in [-0.1, -0.05) is 50.9 Å². The van der Waals surface area contributed by atoms with Crippen LogP contribution in [0.4, 0.5) is 0 Å². The molecule has 172 valence electrons. The molecule has 2 rings (SSSR count). The van der Waals surface area contributed by atoms with Gasteiger partial charge in [-0.05, 0) is 125 Å². The zero-order valence-electron chi connectivity index (χ0n) is 16.4. The van der Waals surface area contributed by atoms with Crippen molar-refractivity contribution < 1.29 is 9.47 Å². The summed E-state index contributed by atoms with van der Waals surface area (Å²) in [5.74, 6) is 1.78. The first kappa shape index (κ1) is 29.1. The van der Waals surface area contributed by atoms with Gasteiger partial charge >= 0.3 is 0 Å². The number of rotatable bonds is 11. The number of hydrogen-bond acceptors (Lipinski definition) is 2. The van der Waals surface area contributed by atoms with Crippen molar-refractivity contribution in [1.82, 2.24) is 0 Å². The van der Waals surface area contributed by atoms with E-state index in [-0.39, 0.29) is 15.9 Å². The zero-order chi connectivity index (χ0) is 23.1. The van der Waals surface area contributed by atoms with Crippen molar-refractivity contribution in [3.63, 3.8) is 0 Å². The highest BCUT2D eigenvalue weighted by Gasteiger charge is 2.24. The summed E-state index contributed by atoms with van der Waals surface area (Å²) in [6, 6.07) is 8.29. The molecule has 2 nitrogen and oxygen atoms in total. The molecule has 31 heavy (non-hydrogen) atoms. The van der Waals surface area contributed by atoms with Gasteiger partial charge in [0.15, 0.2) is 10.0 Å². The molecule has 0 aliphatic heterocycles. The van der Waals surface area contributed by atoms with E-state index in [0.29, 0.717) is 0 Å². The minimum Gasteiger partial charge on any atom is -0.478 e. The van der Waals surface area contributed by atoms with Gasteiger partial charge in [-0.2, -0.15) is 0 Å². The van der Waals surface area contributed by atoms with E-state index in [4.69, 9.17) is 9.47 Å². The molecule has 0 heterocycles. The molecule has 2 aromatic rings. The molecule has 0 saturated carbocycles. The fraction of sp³-hybridized carbons (Fsp3) is 0.429. The Labute approximate surface area is 251 Å². The van der Waals surface area contributed by atoms with Crippen LogP contribution in [0.1, 0.15) is 43.2 Å². The summed E-state index contributed by atoms with van der Waals surface area (Å²) in [6.45, 7) is 2.19. The monoisotopic (exact) mass is 935 g/mol. The zero-order valence-corrected chi connectivity index (χ0v) is 29.1. The maximum absolute atomic E-state index is 6.02. The highest BCUT2D eigenvalue weighted by Crippen LogP contribution is 2.46. The standard InChI is InChI=1S/C21H20Br8O2/c1-2-11(12-3-5-14(20(28)18(12)26)30-16(24)7-9-22)13-4-6-15(21(29)19(13)27)31-17(25)8-10-23/h3-6,11,16-17H,2,7-10H2,1H3. The molecule has 0 bridgehead atoms. The van der Waals surface area contributed by atoms with E-state index in [1.54, 1.807) is 0 Å². The first-order chi connectivity index (χ1) is 14.7. The van der Waals surface area contributed by atoms with Crippen LogP contribution in [0.3, 0.4) is 0 Å². The van der Waals surface area contributed by atoms with Crippen molar-refractivity contribution in [3.05, 3.63) is 53.3 Å². The van der Waals surface area contributed by atoms with Gasteiger partial charge in [0.1, 0.15) is 11.5 Å². The van der Waals surface area contributed by atoms with Gasteiger partial charge < -0.3 is 9.47 Å². The summed E-state index contributed by atoms with van der Waals surface area (Å²) in [5.41, 5.74) is 2.37. The lowest BCUT2D eigenvalue weighted by atomic mass is 9.89. The average molecular weight is 944 g/mol. The molecule has 2 unspecified atom stereocenters. The predicted molar refractivity (Wildman–Crippen MR) is 159 cm³/mol. The molecule has 2 atom stereocenters. The Balaban J connectivity index is 2.37. The summed E-state index contributed by atoms with van der Waals surface area (Å²) in [7, 11) is 0. The van der Waals surface area contributed by atoms with Gasteiger partial charge in [0.25, 0.3) is 0 Å². The second-order valence-corrected chi connectivity index (χ2v) is 13.3. The molecule has 0 aromatic heterocycles. The molecule has 0 aliphatic rings. The summed E-state index contributed by atoms with van der Waals surface area (Å²) >= 11 is 29.0. The topological polar surface area (TPSA) is 18.5 Å². The lowest BCUT2D eigenvalue weighted by Crippen LogP contribution is -2.10. The van der Waals surface area contributed by atoms with E-state index >= 15 is 0 Å². The fourth-order valence-corrected chi connectivity index (χ4v) is 8.02. The van der Waals surface area contributed by atoms with Crippen molar-refractivity contribution >= 4 is 127 Å². The Kier molecular flexibility index (Phi) is 13.6. The predicted octanol–water partition coefficient (Wildman–Crippen LogP) is 11.0. The van der Waals surface area contributed by atoms with E-state index in [1.807, 2.05) is 12.1 Å². The summed E-state index contributed by atoms with van der Waals surface area (Å²) in [5, 5.41) is 1.63. The van der Waals surface area contributed by atoms with Crippen molar-refractivity contribution in [3.8, 4) is 11.5 Å². The van der Waals surface area contributed by atoms with Crippen molar-refractivity contribution in [2.24, 2.45) is 0 Å². The van der Waals surface area contributed by atoms with Crippen LogP contribution in [0, 0.1) is 0 Å². The number of ether oxygens (including phenoxy) is 2. The van der Waals surface area contributed by atoms with Crippen LogP contribution in [-0.4, -0.2) is 20.7 Å². The van der Waals surface area contributed by atoms with Gasteiger partial charge in [-0.15, -0.1) is 0 Å². The number of alkyl halides is 4. The van der Waals surface area contributed by atoms with Crippen LogP contribution in [-0.2, 0) is 0 Å². The lowest BCUT2D eigenvalue weighted by molar-refractivity contribution is 0.290. The minimum atomic E-state index is -0.0525. The van der Waals surface area contributed by atoms with Gasteiger partial charge in [-0.25, -0.2) is 0 Å². The number of halogens is 8. The number of hydrogen-bond donors (Lipinski definition) is 0. The summed E-state index contributed by atoms with van der Waals surface area (Å²) < 4.78 is 15.9. The second kappa shape index (κ2) is 14.4. The lowest BCUT2D eigenvalue weighted by Gasteiger charge is -2.23. The van der Waals surface area contributed by atoms with Crippen LogP contribution in [0.25, 0.3) is 0 Å². The molecule has 0 amide bonds. The first-order valence-electron chi connectivity index (χ1n) is 9.44. The third kappa shape index (κ3) is 7.94. The fourth-order valence-electron chi connectivity index (χ4n) is 2.99. The molecule has 0 radical (unpaired) electrons. The number of benzene rings is 2. The van der Waals surface area contributed by atoms with Gasteiger partial charge in [-0.3, -0.25) is 0 Å². The highest BCUT2D eigenvalue weighted by atomic mass is 79.9. The van der Waals surface area contributed by atoms with E-state index in [0.717, 1.165) is 59.3 Å². The van der Waals surface area contributed by atoms with Gasteiger partial charge in [0.05, 0.1) is 8.95 Å². The Bertz CT molecular complexity index is 807. The quantitative estimate of drug-likeness (QED) is 0.209.